The molecule has 0 radical (unpaired) electrons. The highest BCUT2D eigenvalue weighted by Crippen LogP contribution is 2.31. The summed E-state index contributed by atoms with van der Waals surface area (Å²) in [5.74, 6) is 0. The first kappa shape index (κ1) is 17.6. The number of sulfonamides is 2. The van der Waals surface area contributed by atoms with Crippen LogP contribution in [0.3, 0.4) is 0 Å². The highest BCUT2D eigenvalue weighted by Gasteiger charge is 2.41. The number of hydrogen-bond donors (Lipinski definition) is 0. The summed E-state index contributed by atoms with van der Waals surface area (Å²) in [6, 6.07) is 7.57. The van der Waals surface area contributed by atoms with Crippen molar-refractivity contribution in [2.24, 2.45) is 0 Å². The zero-order valence-electron chi connectivity index (χ0n) is 13.6. The minimum Gasteiger partial charge on any atom is -0.212 e. The molecule has 3 rings (SSSR count). The van der Waals surface area contributed by atoms with Crippen LogP contribution in [0.5, 0.6) is 0 Å². The van der Waals surface area contributed by atoms with Gasteiger partial charge in [0.05, 0.1) is 5.25 Å². The van der Waals surface area contributed by atoms with E-state index in [1.54, 1.807) is 6.08 Å². The molecule has 0 aromatic heterocycles. The third-order valence-corrected chi connectivity index (χ3v) is 8.34. The Labute approximate surface area is 143 Å². The van der Waals surface area contributed by atoms with Crippen molar-refractivity contribution in [3.8, 4) is 0 Å². The Bertz CT molecular complexity index is 817. The van der Waals surface area contributed by atoms with E-state index in [0.29, 0.717) is 0 Å². The van der Waals surface area contributed by atoms with Gasteiger partial charge in [0.2, 0.25) is 20.0 Å². The zero-order valence-corrected chi connectivity index (χ0v) is 15.3. The molecule has 0 amide bonds. The predicted molar refractivity (Wildman–Crippen MR) is 94.2 cm³/mol. The van der Waals surface area contributed by atoms with Gasteiger partial charge in [-0.15, -0.1) is 0 Å². The van der Waals surface area contributed by atoms with Gasteiger partial charge in [0.25, 0.3) is 0 Å². The van der Waals surface area contributed by atoms with Crippen molar-refractivity contribution in [3.63, 3.8) is 0 Å². The summed E-state index contributed by atoms with van der Waals surface area (Å²) in [5.41, 5.74) is 1.93. The molecule has 6 nitrogen and oxygen atoms in total. The first-order chi connectivity index (χ1) is 11.3. The molecule has 0 bridgehead atoms. The molecule has 132 valence electrons. The summed E-state index contributed by atoms with van der Waals surface area (Å²) < 4.78 is 51.9. The lowest BCUT2D eigenvalue weighted by Gasteiger charge is -2.32. The standard InChI is InChI=1S/C16H22N2O4S2/c1-14-2-4-15(5-3-14)8-13-23(19,20)17-9-11-18(12-10-17)24(21,22)16-6-7-16/h2-5,8,13,16H,6-7,9-12H2,1H3/b13-8+. The highest BCUT2D eigenvalue weighted by molar-refractivity contribution is 7.92. The third kappa shape index (κ3) is 3.88. The van der Waals surface area contributed by atoms with Crippen molar-refractivity contribution < 1.29 is 16.8 Å². The van der Waals surface area contributed by atoms with Gasteiger partial charge in [-0.25, -0.2) is 16.8 Å². The largest absolute Gasteiger partial charge is 0.236 e. The van der Waals surface area contributed by atoms with Gasteiger partial charge in [0.1, 0.15) is 0 Å². The van der Waals surface area contributed by atoms with Gasteiger partial charge in [0, 0.05) is 31.6 Å². The number of hydrogen-bond acceptors (Lipinski definition) is 4. The van der Waals surface area contributed by atoms with Crippen molar-refractivity contribution in [2.45, 2.75) is 25.0 Å². The van der Waals surface area contributed by atoms with E-state index in [1.807, 2.05) is 31.2 Å². The summed E-state index contributed by atoms with van der Waals surface area (Å²) in [6.07, 6.45) is 3.02. The van der Waals surface area contributed by atoms with Gasteiger partial charge < -0.3 is 0 Å². The number of nitrogens with zero attached hydrogens (tertiary/aromatic N) is 2. The SMILES string of the molecule is Cc1ccc(/C=C/S(=O)(=O)N2CCN(S(=O)(=O)C3CC3)CC2)cc1. The molecule has 0 atom stereocenters. The average Bonchev–Trinajstić information content (AvgIpc) is 3.40. The summed E-state index contributed by atoms with van der Waals surface area (Å²) in [5, 5.41) is 0.949. The molecule has 1 saturated carbocycles. The molecule has 2 aliphatic rings. The van der Waals surface area contributed by atoms with E-state index in [2.05, 4.69) is 0 Å². The fourth-order valence-corrected chi connectivity index (χ4v) is 5.68. The first-order valence-electron chi connectivity index (χ1n) is 8.03. The van der Waals surface area contributed by atoms with Crippen LogP contribution in [-0.2, 0) is 20.0 Å². The lowest BCUT2D eigenvalue weighted by Crippen LogP contribution is -2.50. The maximum Gasteiger partial charge on any atom is 0.236 e. The molecule has 1 saturated heterocycles. The van der Waals surface area contributed by atoms with E-state index in [9.17, 15) is 16.8 Å². The van der Waals surface area contributed by atoms with E-state index in [0.717, 1.165) is 24.0 Å². The van der Waals surface area contributed by atoms with Gasteiger partial charge in [-0.3, -0.25) is 0 Å². The topological polar surface area (TPSA) is 74.8 Å². The minimum atomic E-state index is -3.53. The number of rotatable bonds is 5. The Balaban J connectivity index is 1.63. The van der Waals surface area contributed by atoms with Crippen molar-refractivity contribution in [3.05, 3.63) is 40.8 Å². The molecule has 1 aromatic carbocycles. The van der Waals surface area contributed by atoms with Crippen LogP contribution in [0.4, 0.5) is 0 Å². The maximum absolute atomic E-state index is 12.4. The average molecular weight is 370 g/mol. The Morgan fingerprint density at radius 2 is 1.46 bits per heavy atom. The first-order valence-corrected chi connectivity index (χ1v) is 11.0. The summed E-state index contributed by atoms with van der Waals surface area (Å²) >= 11 is 0. The summed E-state index contributed by atoms with van der Waals surface area (Å²) in [7, 11) is -6.76. The second kappa shape index (κ2) is 6.59. The molecular weight excluding hydrogens is 348 g/mol. The van der Waals surface area contributed by atoms with Crippen molar-refractivity contribution in [1.29, 1.82) is 0 Å². The second-order valence-electron chi connectivity index (χ2n) is 6.30. The van der Waals surface area contributed by atoms with Crippen LogP contribution in [0.25, 0.3) is 6.08 Å². The monoisotopic (exact) mass is 370 g/mol. The Kier molecular flexibility index (Phi) is 4.83. The third-order valence-electron chi connectivity index (χ3n) is 4.37. The number of piperazine rings is 1. The van der Waals surface area contributed by atoms with E-state index >= 15 is 0 Å². The van der Waals surface area contributed by atoms with E-state index in [-0.39, 0.29) is 31.4 Å². The van der Waals surface area contributed by atoms with Crippen LogP contribution in [0.2, 0.25) is 0 Å². The fourth-order valence-electron chi connectivity index (χ4n) is 2.68. The van der Waals surface area contributed by atoms with Crippen LogP contribution < -0.4 is 0 Å². The predicted octanol–water partition coefficient (Wildman–Crippen LogP) is 1.41. The quantitative estimate of drug-likeness (QED) is 0.785. The van der Waals surface area contributed by atoms with E-state index < -0.39 is 20.0 Å². The molecular formula is C16H22N2O4S2. The normalized spacial score (nSPS) is 21.4. The van der Waals surface area contributed by atoms with E-state index in [4.69, 9.17) is 0 Å². The van der Waals surface area contributed by atoms with Crippen LogP contribution in [0.1, 0.15) is 24.0 Å². The Morgan fingerprint density at radius 1 is 0.917 bits per heavy atom. The molecule has 0 unspecified atom stereocenters. The maximum atomic E-state index is 12.4. The summed E-state index contributed by atoms with van der Waals surface area (Å²) in [4.78, 5) is 0. The van der Waals surface area contributed by atoms with Gasteiger partial charge >= 0.3 is 0 Å². The Hall–Kier alpha value is -1.22. The molecule has 0 spiro atoms. The van der Waals surface area contributed by atoms with Crippen LogP contribution in [0.15, 0.2) is 29.7 Å². The van der Waals surface area contributed by atoms with Gasteiger partial charge in [-0.1, -0.05) is 29.8 Å². The van der Waals surface area contributed by atoms with Gasteiger partial charge in [0.15, 0.2) is 0 Å². The zero-order chi connectivity index (χ0) is 17.4. The van der Waals surface area contributed by atoms with Crippen molar-refractivity contribution in [1.82, 2.24) is 8.61 Å². The van der Waals surface area contributed by atoms with Crippen LogP contribution in [-0.4, -0.2) is 56.9 Å². The number of aryl methyl sites for hydroxylation is 1. The Morgan fingerprint density at radius 3 is 2.00 bits per heavy atom. The van der Waals surface area contributed by atoms with Crippen molar-refractivity contribution >= 4 is 26.1 Å². The minimum absolute atomic E-state index is 0.201. The van der Waals surface area contributed by atoms with Crippen LogP contribution in [0, 0.1) is 6.92 Å². The second-order valence-corrected chi connectivity index (χ2v) is 10.3. The van der Waals surface area contributed by atoms with Gasteiger partial charge in [-0.05, 0) is 31.4 Å². The fraction of sp³-hybridized carbons (Fsp3) is 0.500. The molecule has 24 heavy (non-hydrogen) atoms. The molecule has 0 N–H and O–H groups in total. The molecule has 1 aliphatic carbocycles. The molecule has 2 fully saturated rings. The number of benzene rings is 1. The lowest BCUT2D eigenvalue weighted by atomic mass is 10.2. The van der Waals surface area contributed by atoms with Crippen LogP contribution >= 0.6 is 0 Å². The smallest absolute Gasteiger partial charge is 0.212 e. The molecule has 1 aromatic rings. The summed E-state index contributed by atoms with van der Waals surface area (Å²) in [6.45, 7) is 2.84. The molecule has 8 heteroatoms. The highest BCUT2D eigenvalue weighted by atomic mass is 32.2. The van der Waals surface area contributed by atoms with Gasteiger partial charge in [-0.2, -0.15) is 8.61 Å². The van der Waals surface area contributed by atoms with E-state index in [1.165, 1.54) is 14.0 Å². The molecule has 1 heterocycles. The van der Waals surface area contributed by atoms with Crippen molar-refractivity contribution in [2.75, 3.05) is 26.2 Å². The lowest BCUT2D eigenvalue weighted by molar-refractivity contribution is 0.274. The molecule has 1 aliphatic heterocycles.